The monoisotopic (exact) mass is 254 g/mol. The lowest BCUT2D eigenvalue weighted by Crippen LogP contribution is -2.56. The van der Waals surface area contributed by atoms with Gasteiger partial charge in [0.1, 0.15) is 0 Å². The molecule has 3 rings (SSSR count). The highest BCUT2D eigenvalue weighted by atomic mass is 16.3. The Balaban J connectivity index is 1.91. The number of hydrogen-bond donors (Lipinski definition) is 3. The van der Waals surface area contributed by atoms with Crippen molar-refractivity contribution < 1.29 is 15.3 Å². The summed E-state index contributed by atoms with van der Waals surface area (Å²) in [5.41, 5.74) is -0.670. The van der Waals surface area contributed by atoms with Gasteiger partial charge in [0.05, 0.1) is 11.7 Å². The van der Waals surface area contributed by atoms with Crippen molar-refractivity contribution in [3.8, 4) is 0 Å². The Morgan fingerprint density at radius 3 is 2.50 bits per heavy atom. The van der Waals surface area contributed by atoms with Crippen LogP contribution in [0.1, 0.15) is 52.4 Å². The summed E-state index contributed by atoms with van der Waals surface area (Å²) in [5.74, 6) is 1.14. The van der Waals surface area contributed by atoms with Gasteiger partial charge in [0.2, 0.25) is 0 Å². The van der Waals surface area contributed by atoms with Crippen LogP contribution in [0.3, 0.4) is 0 Å². The van der Waals surface area contributed by atoms with Crippen molar-refractivity contribution in [2.24, 2.45) is 22.7 Å². The quantitative estimate of drug-likeness (QED) is 0.667. The van der Waals surface area contributed by atoms with E-state index in [0.717, 1.165) is 32.1 Å². The third-order valence-corrected chi connectivity index (χ3v) is 6.53. The first kappa shape index (κ1) is 12.9. The third kappa shape index (κ3) is 1.53. The molecule has 0 aromatic carbocycles. The molecule has 3 aliphatic carbocycles. The highest BCUT2D eigenvalue weighted by molar-refractivity contribution is 5.12. The van der Waals surface area contributed by atoms with Crippen LogP contribution < -0.4 is 0 Å². The van der Waals surface area contributed by atoms with E-state index in [0.29, 0.717) is 18.3 Å². The zero-order valence-electron chi connectivity index (χ0n) is 11.5. The van der Waals surface area contributed by atoms with Gasteiger partial charge in [-0.15, -0.1) is 0 Å². The second-order valence-electron chi connectivity index (χ2n) is 7.76. The van der Waals surface area contributed by atoms with Crippen LogP contribution in [0.5, 0.6) is 0 Å². The fourth-order valence-electron chi connectivity index (χ4n) is 5.20. The third-order valence-electron chi connectivity index (χ3n) is 6.53. The molecule has 0 aliphatic heterocycles. The smallest absolute Gasteiger partial charge is 0.0910 e. The van der Waals surface area contributed by atoms with Gasteiger partial charge in [-0.25, -0.2) is 0 Å². The summed E-state index contributed by atoms with van der Waals surface area (Å²) < 4.78 is 0. The molecular weight excluding hydrogens is 228 g/mol. The number of aliphatic hydroxyl groups excluding tert-OH is 2. The molecule has 3 heteroatoms. The van der Waals surface area contributed by atoms with E-state index in [4.69, 9.17) is 0 Å². The van der Waals surface area contributed by atoms with Crippen LogP contribution in [-0.2, 0) is 0 Å². The summed E-state index contributed by atoms with van der Waals surface area (Å²) in [6.45, 7) is 4.71. The van der Waals surface area contributed by atoms with Crippen molar-refractivity contribution >= 4 is 0 Å². The van der Waals surface area contributed by atoms with Gasteiger partial charge in [0.15, 0.2) is 0 Å². The molecule has 3 fully saturated rings. The van der Waals surface area contributed by atoms with Crippen molar-refractivity contribution in [1.29, 1.82) is 0 Å². The minimum Gasteiger partial charge on any atom is -0.396 e. The summed E-state index contributed by atoms with van der Waals surface area (Å²) in [7, 11) is 0. The zero-order chi connectivity index (χ0) is 13.2. The molecule has 0 amide bonds. The molecule has 0 unspecified atom stereocenters. The maximum absolute atomic E-state index is 10.7. The van der Waals surface area contributed by atoms with Gasteiger partial charge < -0.3 is 15.3 Å². The van der Waals surface area contributed by atoms with E-state index >= 15 is 0 Å². The molecule has 18 heavy (non-hydrogen) atoms. The van der Waals surface area contributed by atoms with Crippen LogP contribution >= 0.6 is 0 Å². The average Bonchev–Trinajstić information content (AvgIpc) is 2.38. The van der Waals surface area contributed by atoms with Crippen LogP contribution in [0.2, 0.25) is 0 Å². The summed E-state index contributed by atoms with van der Waals surface area (Å²) in [4.78, 5) is 0. The molecule has 0 saturated heterocycles. The molecule has 0 radical (unpaired) electrons. The predicted octanol–water partition coefficient (Wildman–Crippen LogP) is 1.70. The van der Waals surface area contributed by atoms with E-state index < -0.39 is 11.7 Å². The minimum atomic E-state index is -0.874. The van der Waals surface area contributed by atoms with Gasteiger partial charge in [-0.05, 0) is 61.2 Å². The lowest BCUT2D eigenvalue weighted by Gasteiger charge is -2.59. The van der Waals surface area contributed by atoms with Gasteiger partial charge >= 0.3 is 0 Å². The summed E-state index contributed by atoms with van der Waals surface area (Å²) in [6, 6.07) is 0. The molecule has 3 aliphatic rings. The number of aliphatic hydroxyl groups is 3. The van der Waals surface area contributed by atoms with E-state index in [1.54, 1.807) is 0 Å². The number of rotatable bonds is 1. The second kappa shape index (κ2) is 3.71. The first-order chi connectivity index (χ1) is 8.33. The number of hydrogen-bond acceptors (Lipinski definition) is 3. The summed E-state index contributed by atoms with van der Waals surface area (Å²) in [5, 5.41) is 30.4. The Bertz CT molecular complexity index is 358. The molecule has 3 saturated carbocycles. The Labute approximate surface area is 109 Å². The minimum absolute atomic E-state index is 0.0481. The van der Waals surface area contributed by atoms with Gasteiger partial charge in [0, 0.05) is 6.61 Å². The first-order valence-electron chi connectivity index (χ1n) is 7.34. The van der Waals surface area contributed by atoms with E-state index in [2.05, 4.69) is 13.8 Å². The van der Waals surface area contributed by atoms with Crippen molar-refractivity contribution in [3.05, 3.63) is 0 Å². The van der Waals surface area contributed by atoms with Gasteiger partial charge in [-0.1, -0.05) is 13.8 Å². The molecule has 104 valence electrons. The highest BCUT2D eigenvalue weighted by Crippen LogP contribution is 2.66. The standard InChI is InChI=1S/C15H26O3/c1-13-5-4-12(17)15(18,8-13)6-3-10-11(13)7-14(10,2)9-16/h10-12,16-18H,3-9H2,1-2H3/t10-,11+,12-,13+,14+,15-/m1/s1. The highest BCUT2D eigenvalue weighted by Gasteiger charge is 2.62. The topological polar surface area (TPSA) is 60.7 Å². The maximum atomic E-state index is 10.7. The largest absolute Gasteiger partial charge is 0.396 e. The van der Waals surface area contributed by atoms with Crippen LogP contribution in [-0.4, -0.2) is 33.6 Å². The maximum Gasteiger partial charge on any atom is 0.0910 e. The SMILES string of the molecule is C[C@@]1(CO)C[C@H]2[C@H]1CC[C@@]1(O)C[C@]2(C)CC[C@H]1O. The molecule has 2 bridgehead atoms. The molecule has 0 aromatic heterocycles. The summed E-state index contributed by atoms with van der Waals surface area (Å²) >= 11 is 0. The Hall–Kier alpha value is -0.120. The molecule has 0 heterocycles. The van der Waals surface area contributed by atoms with Crippen molar-refractivity contribution in [2.45, 2.75) is 64.1 Å². The van der Waals surface area contributed by atoms with Crippen LogP contribution in [0, 0.1) is 22.7 Å². The molecular formula is C15H26O3. The number of fused-ring (bicyclic) bond motifs is 4. The van der Waals surface area contributed by atoms with Gasteiger partial charge in [0.25, 0.3) is 0 Å². The van der Waals surface area contributed by atoms with E-state index in [1.807, 2.05) is 0 Å². The average molecular weight is 254 g/mol. The molecule has 3 N–H and O–H groups in total. The lowest BCUT2D eigenvalue weighted by atomic mass is 9.46. The van der Waals surface area contributed by atoms with Crippen LogP contribution in [0.15, 0.2) is 0 Å². The van der Waals surface area contributed by atoms with Crippen LogP contribution in [0.4, 0.5) is 0 Å². The Morgan fingerprint density at radius 1 is 1.11 bits per heavy atom. The van der Waals surface area contributed by atoms with E-state index in [9.17, 15) is 15.3 Å². The second-order valence-corrected chi connectivity index (χ2v) is 7.76. The van der Waals surface area contributed by atoms with Crippen molar-refractivity contribution in [2.75, 3.05) is 6.61 Å². The Morgan fingerprint density at radius 2 is 1.83 bits per heavy atom. The fourth-order valence-corrected chi connectivity index (χ4v) is 5.20. The van der Waals surface area contributed by atoms with E-state index in [-0.39, 0.29) is 17.4 Å². The zero-order valence-corrected chi connectivity index (χ0v) is 11.5. The van der Waals surface area contributed by atoms with Crippen LogP contribution in [0.25, 0.3) is 0 Å². The summed E-state index contributed by atoms with van der Waals surface area (Å²) in [6.07, 6.45) is 4.65. The van der Waals surface area contributed by atoms with Crippen molar-refractivity contribution in [1.82, 2.24) is 0 Å². The molecule has 6 atom stereocenters. The lowest BCUT2D eigenvalue weighted by molar-refractivity contribution is -0.161. The molecule has 0 spiro atoms. The Kier molecular flexibility index (Phi) is 2.66. The first-order valence-corrected chi connectivity index (χ1v) is 7.34. The molecule has 3 nitrogen and oxygen atoms in total. The molecule has 0 aromatic rings. The predicted molar refractivity (Wildman–Crippen MR) is 68.9 cm³/mol. The van der Waals surface area contributed by atoms with E-state index in [1.165, 1.54) is 0 Å². The van der Waals surface area contributed by atoms with Crippen molar-refractivity contribution in [3.63, 3.8) is 0 Å². The van der Waals surface area contributed by atoms with Gasteiger partial charge in [-0.2, -0.15) is 0 Å². The van der Waals surface area contributed by atoms with Gasteiger partial charge in [-0.3, -0.25) is 0 Å². The fraction of sp³-hybridized carbons (Fsp3) is 1.00. The normalized spacial score (nSPS) is 59.5.